The van der Waals surface area contributed by atoms with Crippen molar-refractivity contribution in [3.05, 3.63) is 42.5 Å². The average Bonchev–Trinajstić information content (AvgIpc) is 2.32. The number of hydrogen-bond donors (Lipinski definition) is 3. The van der Waals surface area contributed by atoms with E-state index in [0.29, 0.717) is 17.1 Å². The minimum absolute atomic E-state index is 0.284. The number of nitrogens with two attached hydrogens (primary N) is 2. The number of rotatable bonds is 3. The molecule has 86 valence electrons. The molecule has 0 aliphatic rings. The van der Waals surface area contributed by atoms with E-state index in [9.17, 15) is 4.79 Å². The molecule has 1 aromatic heterocycles. The zero-order valence-corrected chi connectivity index (χ0v) is 8.92. The summed E-state index contributed by atoms with van der Waals surface area (Å²) in [7, 11) is 0. The smallest absolute Gasteiger partial charge is 0.250 e. The predicted octanol–water partition coefficient (Wildman–Crippen LogP) is 0.901. The third kappa shape index (κ3) is 2.49. The largest absolute Gasteiger partial charge is 0.398 e. The molecule has 0 bridgehead atoms. The van der Waals surface area contributed by atoms with Crippen LogP contribution in [0.4, 0.5) is 17.1 Å². The number of nitrogen functional groups attached to an aromatic ring is 1. The molecule has 0 spiro atoms. The van der Waals surface area contributed by atoms with Crippen molar-refractivity contribution in [2.45, 2.75) is 0 Å². The van der Waals surface area contributed by atoms with Crippen molar-refractivity contribution in [3.63, 3.8) is 0 Å². The summed E-state index contributed by atoms with van der Waals surface area (Å²) in [5.41, 5.74) is 12.9. The molecule has 0 saturated heterocycles. The number of nitrogens with one attached hydrogen (secondary N) is 1. The second-order valence-electron chi connectivity index (χ2n) is 3.42. The summed E-state index contributed by atoms with van der Waals surface area (Å²) in [4.78, 5) is 18.8. The van der Waals surface area contributed by atoms with E-state index in [0.717, 1.165) is 0 Å². The lowest BCUT2D eigenvalue weighted by atomic mass is 10.1. The molecule has 0 fully saturated rings. The van der Waals surface area contributed by atoms with Gasteiger partial charge in [0.1, 0.15) is 6.33 Å². The van der Waals surface area contributed by atoms with Crippen LogP contribution < -0.4 is 16.8 Å². The highest BCUT2D eigenvalue weighted by Gasteiger charge is 2.06. The summed E-state index contributed by atoms with van der Waals surface area (Å²) >= 11 is 0. The van der Waals surface area contributed by atoms with Crippen LogP contribution in [0.2, 0.25) is 0 Å². The number of carbonyl (C=O) groups is 1. The Morgan fingerprint density at radius 3 is 2.53 bits per heavy atom. The zero-order valence-electron chi connectivity index (χ0n) is 8.92. The molecule has 1 aromatic carbocycles. The van der Waals surface area contributed by atoms with E-state index in [4.69, 9.17) is 11.5 Å². The van der Waals surface area contributed by atoms with Crippen LogP contribution in [-0.4, -0.2) is 15.9 Å². The normalized spacial score (nSPS) is 9.88. The number of hydrogen-bond acceptors (Lipinski definition) is 5. The standard InChI is InChI=1S/C11H11N5O/c12-10-2-1-7(3-9(10)11(13)17)16-8-4-14-6-15-5-8/h1-6,16H,12H2,(H2,13,17). The minimum atomic E-state index is -0.560. The average molecular weight is 229 g/mol. The Labute approximate surface area is 97.7 Å². The van der Waals surface area contributed by atoms with Gasteiger partial charge in [-0.3, -0.25) is 4.79 Å². The molecule has 0 unspecified atom stereocenters. The molecular weight excluding hydrogens is 218 g/mol. The van der Waals surface area contributed by atoms with Gasteiger partial charge in [0.15, 0.2) is 0 Å². The highest BCUT2D eigenvalue weighted by atomic mass is 16.1. The number of anilines is 3. The van der Waals surface area contributed by atoms with Gasteiger partial charge in [-0.25, -0.2) is 9.97 Å². The topological polar surface area (TPSA) is 107 Å². The third-order valence-electron chi connectivity index (χ3n) is 2.17. The Bertz CT molecular complexity index is 541. The SMILES string of the molecule is NC(=O)c1cc(Nc2cncnc2)ccc1N. The first-order valence-electron chi connectivity index (χ1n) is 4.88. The number of aromatic nitrogens is 2. The van der Waals surface area contributed by atoms with Crippen LogP contribution in [0.3, 0.4) is 0 Å². The van der Waals surface area contributed by atoms with Crippen LogP contribution in [0, 0.1) is 0 Å². The van der Waals surface area contributed by atoms with Crippen molar-refractivity contribution >= 4 is 23.0 Å². The molecule has 17 heavy (non-hydrogen) atoms. The summed E-state index contributed by atoms with van der Waals surface area (Å²) in [6.07, 6.45) is 4.67. The molecule has 6 nitrogen and oxygen atoms in total. The van der Waals surface area contributed by atoms with Gasteiger partial charge in [0.25, 0.3) is 5.91 Å². The van der Waals surface area contributed by atoms with Crippen molar-refractivity contribution in [1.29, 1.82) is 0 Å². The Morgan fingerprint density at radius 1 is 1.18 bits per heavy atom. The van der Waals surface area contributed by atoms with E-state index in [1.165, 1.54) is 6.33 Å². The fourth-order valence-electron chi connectivity index (χ4n) is 1.38. The van der Waals surface area contributed by atoms with E-state index >= 15 is 0 Å². The first-order chi connectivity index (χ1) is 8.16. The number of carbonyl (C=O) groups excluding carboxylic acids is 1. The molecule has 6 heteroatoms. The van der Waals surface area contributed by atoms with Crippen LogP contribution in [0.15, 0.2) is 36.9 Å². The monoisotopic (exact) mass is 229 g/mol. The highest BCUT2D eigenvalue weighted by Crippen LogP contribution is 2.20. The molecule has 1 amide bonds. The van der Waals surface area contributed by atoms with Gasteiger partial charge in [0.2, 0.25) is 0 Å². The van der Waals surface area contributed by atoms with Gasteiger partial charge < -0.3 is 16.8 Å². The Hall–Kier alpha value is -2.63. The molecule has 2 rings (SSSR count). The van der Waals surface area contributed by atoms with Gasteiger partial charge in [0.05, 0.1) is 23.6 Å². The predicted molar refractivity (Wildman–Crippen MR) is 64.7 cm³/mol. The van der Waals surface area contributed by atoms with Gasteiger partial charge in [0, 0.05) is 11.4 Å². The second-order valence-corrected chi connectivity index (χ2v) is 3.42. The molecule has 0 aliphatic heterocycles. The maximum absolute atomic E-state index is 11.1. The summed E-state index contributed by atoms with van der Waals surface area (Å²) in [5.74, 6) is -0.560. The van der Waals surface area contributed by atoms with Gasteiger partial charge >= 0.3 is 0 Å². The summed E-state index contributed by atoms with van der Waals surface area (Å²) in [5, 5.41) is 3.04. The number of nitrogens with zero attached hydrogens (tertiary/aromatic N) is 2. The molecule has 0 radical (unpaired) electrons. The first kappa shape index (κ1) is 10.9. The van der Waals surface area contributed by atoms with Crippen molar-refractivity contribution in [3.8, 4) is 0 Å². The summed E-state index contributed by atoms with van der Waals surface area (Å²) < 4.78 is 0. The van der Waals surface area contributed by atoms with Crippen LogP contribution in [0.1, 0.15) is 10.4 Å². The molecule has 0 atom stereocenters. The summed E-state index contributed by atoms with van der Waals surface area (Å²) in [6, 6.07) is 4.95. The maximum atomic E-state index is 11.1. The van der Waals surface area contributed by atoms with Crippen molar-refractivity contribution < 1.29 is 4.79 Å². The lowest BCUT2D eigenvalue weighted by Gasteiger charge is -2.08. The van der Waals surface area contributed by atoms with E-state index in [1.807, 2.05) is 0 Å². The lowest BCUT2D eigenvalue weighted by molar-refractivity contribution is 0.100. The van der Waals surface area contributed by atoms with Gasteiger partial charge in [-0.05, 0) is 18.2 Å². The van der Waals surface area contributed by atoms with Crippen LogP contribution in [0.25, 0.3) is 0 Å². The lowest BCUT2D eigenvalue weighted by Crippen LogP contribution is -2.13. The van der Waals surface area contributed by atoms with Crippen molar-refractivity contribution in [2.75, 3.05) is 11.1 Å². The fourth-order valence-corrected chi connectivity index (χ4v) is 1.38. The Balaban J connectivity index is 2.29. The number of primary amides is 1. The van der Waals surface area contributed by atoms with Crippen molar-refractivity contribution in [1.82, 2.24) is 9.97 Å². The van der Waals surface area contributed by atoms with Crippen LogP contribution >= 0.6 is 0 Å². The van der Waals surface area contributed by atoms with E-state index in [-0.39, 0.29) is 5.56 Å². The zero-order chi connectivity index (χ0) is 12.3. The first-order valence-corrected chi connectivity index (χ1v) is 4.88. The van der Waals surface area contributed by atoms with Crippen LogP contribution in [0.5, 0.6) is 0 Å². The quantitative estimate of drug-likeness (QED) is 0.678. The maximum Gasteiger partial charge on any atom is 0.250 e. The van der Waals surface area contributed by atoms with Gasteiger partial charge in [-0.1, -0.05) is 0 Å². The van der Waals surface area contributed by atoms with E-state index in [1.54, 1.807) is 30.6 Å². The third-order valence-corrected chi connectivity index (χ3v) is 2.17. The van der Waals surface area contributed by atoms with E-state index in [2.05, 4.69) is 15.3 Å². The number of benzene rings is 1. The molecular formula is C11H11N5O. The minimum Gasteiger partial charge on any atom is -0.398 e. The second kappa shape index (κ2) is 4.48. The Kier molecular flexibility index (Phi) is 2.87. The van der Waals surface area contributed by atoms with Gasteiger partial charge in [-0.15, -0.1) is 0 Å². The highest BCUT2D eigenvalue weighted by molar-refractivity contribution is 5.99. The van der Waals surface area contributed by atoms with E-state index < -0.39 is 5.91 Å². The van der Waals surface area contributed by atoms with Crippen LogP contribution in [-0.2, 0) is 0 Å². The fraction of sp³-hybridized carbons (Fsp3) is 0. The molecule has 2 aromatic rings. The molecule has 0 saturated carbocycles. The Morgan fingerprint density at radius 2 is 1.88 bits per heavy atom. The van der Waals surface area contributed by atoms with Gasteiger partial charge in [-0.2, -0.15) is 0 Å². The summed E-state index contributed by atoms with van der Waals surface area (Å²) in [6.45, 7) is 0. The molecule has 1 heterocycles. The molecule has 0 aliphatic carbocycles. The number of amides is 1. The molecule has 5 N–H and O–H groups in total. The van der Waals surface area contributed by atoms with Crippen molar-refractivity contribution in [2.24, 2.45) is 5.73 Å².